The molecule has 5 nitrogen and oxygen atoms in total. The van der Waals surface area contributed by atoms with Crippen LogP contribution in [0.1, 0.15) is 54.9 Å². The number of carbonyl (C=O) groups is 1. The molecule has 2 N–H and O–H groups in total. The highest BCUT2D eigenvalue weighted by Crippen LogP contribution is 2.16. The summed E-state index contributed by atoms with van der Waals surface area (Å²) in [4.78, 5) is 29.0. The van der Waals surface area contributed by atoms with Crippen LogP contribution >= 0.6 is 0 Å². The first-order chi connectivity index (χ1) is 11.1. The second-order valence-electron chi connectivity index (χ2n) is 5.64. The lowest BCUT2D eigenvalue weighted by atomic mass is 10.0. The molecule has 0 saturated heterocycles. The largest absolute Gasteiger partial charge is 0.477 e. The molecular weight excluding hydrogens is 292 g/mol. The van der Waals surface area contributed by atoms with Gasteiger partial charge in [-0.3, -0.25) is 4.79 Å². The van der Waals surface area contributed by atoms with E-state index in [9.17, 15) is 9.59 Å². The van der Waals surface area contributed by atoms with E-state index in [1.54, 1.807) is 0 Å². The highest BCUT2D eigenvalue weighted by atomic mass is 16.4. The van der Waals surface area contributed by atoms with Crippen LogP contribution in [0.2, 0.25) is 0 Å². The maximum atomic E-state index is 11.7. The third-order valence-electron chi connectivity index (χ3n) is 3.83. The van der Waals surface area contributed by atoms with Crippen molar-refractivity contribution in [1.29, 1.82) is 0 Å². The highest BCUT2D eigenvalue weighted by molar-refractivity contribution is 5.86. The Hall–Kier alpha value is -2.43. The number of carboxylic acids is 1. The van der Waals surface area contributed by atoms with Gasteiger partial charge in [0.2, 0.25) is 0 Å². The molecule has 0 bridgehead atoms. The number of hydrogen-bond acceptors (Lipinski definition) is 3. The quantitative estimate of drug-likeness (QED) is 0.729. The van der Waals surface area contributed by atoms with Gasteiger partial charge in [0.1, 0.15) is 11.4 Å². The first-order valence-electron chi connectivity index (χ1n) is 8.03. The van der Waals surface area contributed by atoms with Gasteiger partial charge in [0.15, 0.2) is 0 Å². The number of benzene rings is 1. The monoisotopic (exact) mass is 314 g/mol. The molecule has 0 atom stereocenters. The van der Waals surface area contributed by atoms with Crippen molar-refractivity contribution in [1.82, 2.24) is 9.97 Å². The molecule has 0 spiro atoms. The van der Waals surface area contributed by atoms with Crippen molar-refractivity contribution in [2.45, 2.75) is 45.4 Å². The van der Waals surface area contributed by atoms with Crippen LogP contribution in [0, 0.1) is 0 Å². The molecule has 0 radical (unpaired) electrons. The molecule has 0 aliphatic heterocycles. The molecule has 0 unspecified atom stereocenters. The maximum absolute atomic E-state index is 11.7. The Kier molecular flexibility index (Phi) is 6.09. The summed E-state index contributed by atoms with van der Waals surface area (Å²) >= 11 is 0. The zero-order chi connectivity index (χ0) is 16.7. The zero-order valence-corrected chi connectivity index (χ0v) is 13.3. The van der Waals surface area contributed by atoms with Crippen LogP contribution in [0.15, 0.2) is 35.3 Å². The van der Waals surface area contributed by atoms with Gasteiger partial charge in [-0.05, 0) is 18.4 Å². The first-order valence-corrected chi connectivity index (χ1v) is 8.03. The third kappa shape index (κ3) is 4.77. The van der Waals surface area contributed by atoms with Crippen LogP contribution in [0.3, 0.4) is 0 Å². The van der Waals surface area contributed by atoms with Crippen molar-refractivity contribution in [2.75, 3.05) is 0 Å². The van der Waals surface area contributed by atoms with Gasteiger partial charge in [0, 0.05) is 11.8 Å². The summed E-state index contributed by atoms with van der Waals surface area (Å²) in [5.41, 5.74) is 1.04. The van der Waals surface area contributed by atoms with Crippen molar-refractivity contribution >= 4 is 5.97 Å². The van der Waals surface area contributed by atoms with Crippen LogP contribution in [0.5, 0.6) is 0 Å². The summed E-state index contributed by atoms with van der Waals surface area (Å²) in [6, 6.07) is 7.86. The van der Waals surface area contributed by atoms with E-state index in [-0.39, 0.29) is 5.56 Å². The molecule has 122 valence electrons. The average molecular weight is 314 g/mol. The van der Waals surface area contributed by atoms with E-state index in [2.05, 4.69) is 16.9 Å². The Morgan fingerprint density at radius 1 is 1.13 bits per heavy atom. The minimum atomic E-state index is -1.27. The Balaban J connectivity index is 2.01. The smallest absolute Gasteiger partial charge is 0.342 e. The summed E-state index contributed by atoms with van der Waals surface area (Å²) < 4.78 is 0. The molecule has 2 aromatic rings. The second kappa shape index (κ2) is 8.27. The lowest BCUT2D eigenvalue weighted by molar-refractivity contribution is 0.0694. The van der Waals surface area contributed by atoms with Gasteiger partial charge in [0.05, 0.1) is 0 Å². The summed E-state index contributed by atoms with van der Waals surface area (Å²) in [5, 5.41) is 8.84. The Morgan fingerprint density at radius 2 is 1.83 bits per heavy atom. The van der Waals surface area contributed by atoms with E-state index in [0.29, 0.717) is 5.82 Å². The molecule has 23 heavy (non-hydrogen) atoms. The van der Waals surface area contributed by atoms with Gasteiger partial charge in [0.25, 0.3) is 5.56 Å². The van der Waals surface area contributed by atoms with Gasteiger partial charge in [-0.15, -0.1) is 0 Å². The minimum absolute atomic E-state index is 0.350. The number of rotatable bonds is 8. The Labute approximate surface area is 135 Å². The molecule has 1 aromatic heterocycles. The standard InChI is InChI=1S/C18H22N2O3/c1-2-3-4-5-6-7-13-8-10-14(11-9-13)16-19-12-15(18(22)23)17(21)20-16/h8-12H,2-7H2,1H3,(H,22,23)(H,19,20,21). The number of unbranched alkanes of at least 4 members (excludes halogenated alkanes) is 4. The first kappa shape index (κ1) is 16.9. The molecule has 0 amide bonds. The SMILES string of the molecule is CCCCCCCc1ccc(-c2ncc(C(=O)O)c(=O)[nH]2)cc1. The number of H-pyrrole nitrogens is 1. The normalized spacial score (nSPS) is 10.7. The maximum Gasteiger partial charge on any atom is 0.342 e. The van der Waals surface area contributed by atoms with Gasteiger partial charge in [-0.1, -0.05) is 56.9 Å². The number of hydrogen-bond donors (Lipinski definition) is 2. The van der Waals surface area contributed by atoms with Crippen molar-refractivity contribution in [2.24, 2.45) is 0 Å². The molecule has 0 saturated carbocycles. The van der Waals surface area contributed by atoms with Gasteiger partial charge in [-0.25, -0.2) is 9.78 Å². The summed E-state index contributed by atoms with van der Waals surface area (Å²) in [6.45, 7) is 2.21. The number of aromatic nitrogens is 2. The fourth-order valence-electron chi connectivity index (χ4n) is 2.46. The van der Waals surface area contributed by atoms with E-state index in [4.69, 9.17) is 5.11 Å². The fourth-order valence-corrected chi connectivity index (χ4v) is 2.46. The van der Waals surface area contributed by atoms with E-state index < -0.39 is 11.5 Å². The predicted octanol–water partition coefficient (Wildman–Crippen LogP) is 3.65. The van der Waals surface area contributed by atoms with Crippen LogP contribution in [0.25, 0.3) is 11.4 Å². The summed E-state index contributed by atoms with van der Waals surface area (Å²) in [6.07, 6.45) is 8.41. The third-order valence-corrected chi connectivity index (χ3v) is 3.83. The fraction of sp³-hybridized carbons (Fsp3) is 0.389. The minimum Gasteiger partial charge on any atom is -0.477 e. The van der Waals surface area contributed by atoms with E-state index >= 15 is 0 Å². The highest BCUT2D eigenvalue weighted by Gasteiger charge is 2.10. The number of nitrogens with one attached hydrogen (secondary N) is 1. The van der Waals surface area contributed by atoms with Crippen molar-refractivity contribution in [3.8, 4) is 11.4 Å². The van der Waals surface area contributed by atoms with Crippen LogP contribution in [-0.2, 0) is 6.42 Å². The van der Waals surface area contributed by atoms with Gasteiger partial charge >= 0.3 is 5.97 Å². The Bertz CT molecular complexity index is 705. The molecule has 1 heterocycles. The van der Waals surface area contributed by atoms with Gasteiger partial charge in [-0.2, -0.15) is 0 Å². The lowest BCUT2D eigenvalue weighted by Crippen LogP contribution is -2.18. The number of aryl methyl sites for hydroxylation is 1. The van der Waals surface area contributed by atoms with Gasteiger partial charge < -0.3 is 10.1 Å². The number of nitrogens with zero attached hydrogens (tertiary/aromatic N) is 1. The second-order valence-corrected chi connectivity index (χ2v) is 5.64. The topological polar surface area (TPSA) is 83.0 Å². The number of carboxylic acid groups (broad SMARTS) is 1. The average Bonchev–Trinajstić information content (AvgIpc) is 2.55. The van der Waals surface area contributed by atoms with Crippen molar-refractivity contribution in [3.63, 3.8) is 0 Å². The molecule has 2 rings (SSSR count). The number of aromatic carboxylic acids is 1. The van der Waals surface area contributed by atoms with Crippen molar-refractivity contribution in [3.05, 3.63) is 51.9 Å². The van der Waals surface area contributed by atoms with Crippen LogP contribution < -0.4 is 5.56 Å². The van der Waals surface area contributed by atoms with E-state index in [1.165, 1.54) is 37.7 Å². The molecule has 1 aromatic carbocycles. The Morgan fingerprint density at radius 3 is 2.43 bits per heavy atom. The molecular formula is C18H22N2O3. The molecule has 0 aliphatic rings. The number of aromatic amines is 1. The predicted molar refractivity (Wildman–Crippen MR) is 89.7 cm³/mol. The van der Waals surface area contributed by atoms with Crippen LogP contribution in [0.4, 0.5) is 0 Å². The van der Waals surface area contributed by atoms with E-state index in [1.807, 2.05) is 24.3 Å². The molecule has 0 fully saturated rings. The van der Waals surface area contributed by atoms with E-state index in [0.717, 1.165) is 18.2 Å². The zero-order valence-electron chi connectivity index (χ0n) is 13.3. The summed E-state index contributed by atoms with van der Waals surface area (Å²) in [5.74, 6) is -0.891. The molecule has 5 heteroatoms. The lowest BCUT2D eigenvalue weighted by Gasteiger charge is -2.05. The summed E-state index contributed by atoms with van der Waals surface area (Å²) in [7, 11) is 0. The van der Waals surface area contributed by atoms with Crippen molar-refractivity contribution < 1.29 is 9.90 Å². The van der Waals surface area contributed by atoms with Crippen LogP contribution in [-0.4, -0.2) is 21.0 Å². The molecule has 0 aliphatic carbocycles.